The molecule has 1 fully saturated rings. The van der Waals surface area contributed by atoms with E-state index >= 15 is 0 Å². The molecule has 0 bridgehead atoms. The van der Waals surface area contributed by atoms with E-state index in [9.17, 15) is 27.1 Å². The first kappa shape index (κ1) is 28.2. The average Bonchev–Trinajstić information content (AvgIpc) is 3.42. The van der Waals surface area contributed by atoms with Gasteiger partial charge in [0.15, 0.2) is 0 Å². The fraction of sp³-hybridized carbons (Fsp3) is 0.625. The van der Waals surface area contributed by atoms with Crippen LogP contribution in [0.3, 0.4) is 0 Å². The van der Waals surface area contributed by atoms with E-state index in [0.717, 1.165) is 10.5 Å². The second-order valence-corrected chi connectivity index (χ2v) is 12.9. The highest BCUT2D eigenvalue weighted by atomic mass is 32.2. The Hall–Kier alpha value is -2.84. The number of anilines is 2. The molecule has 2 aromatic heterocycles. The molecule has 38 heavy (non-hydrogen) atoms. The van der Waals surface area contributed by atoms with Crippen molar-refractivity contribution in [2.75, 3.05) is 42.4 Å². The molecule has 2 N–H and O–H groups in total. The molecule has 0 radical (unpaired) electrons. The maximum Gasteiger partial charge on any atom is 0.411 e. The first-order valence-corrected chi connectivity index (χ1v) is 13.9. The molecule has 0 aliphatic carbocycles. The molecule has 210 valence electrons. The van der Waals surface area contributed by atoms with Gasteiger partial charge in [-0.15, -0.1) is 0 Å². The van der Waals surface area contributed by atoms with Crippen LogP contribution in [0.15, 0.2) is 23.4 Å². The monoisotopic (exact) mass is 556 g/mol. The van der Waals surface area contributed by atoms with Gasteiger partial charge >= 0.3 is 12.6 Å². The van der Waals surface area contributed by atoms with Crippen LogP contribution in [0.5, 0.6) is 0 Å². The second-order valence-electron chi connectivity index (χ2n) is 11.1. The minimum absolute atomic E-state index is 0.0513. The number of aromatic nitrogens is 3. The number of hydrogen-bond acceptors (Lipinski definition) is 8. The number of hydrogen-bond donors (Lipinski definition) is 2. The summed E-state index contributed by atoms with van der Waals surface area (Å²) in [6.07, 6.45) is 2.26. The van der Waals surface area contributed by atoms with Crippen molar-refractivity contribution in [2.45, 2.75) is 58.1 Å². The number of amides is 1. The predicted octanol–water partition coefficient (Wildman–Crippen LogP) is 3.01. The zero-order chi connectivity index (χ0) is 27.8. The van der Waals surface area contributed by atoms with Gasteiger partial charge in [0, 0.05) is 26.2 Å². The summed E-state index contributed by atoms with van der Waals surface area (Å²) in [7, 11) is -4.31. The Morgan fingerprint density at radius 2 is 2.05 bits per heavy atom. The van der Waals surface area contributed by atoms with Crippen molar-refractivity contribution < 1.29 is 31.8 Å². The molecule has 2 aromatic rings. The zero-order valence-corrected chi connectivity index (χ0v) is 22.7. The maximum atomic E-state index is 13.8. The fourth-order valence-corrected chi connectivity index (χ4v) is 6.38. The van der Waals surface area contributed by atoms with E-state index in [1.54, 1.807) is 0 Å². The Labute approximate surface area is 220 Å². The highest BCUT2D eigenvalue weighted by molar-refractivity contribution is 7.92. The number of alkyl halides is 2. The molecular weight excluding hydrogens is 522 g/mol. The maximum absolute atomic E-state index is 13.8. The summed E-state index contributed by atoms with van der Waals surface area (Å²) >= 11 is 0. The van der Waals surface area contributed by atoms with E-state index < -0.39 is 28.8 Å². The van der Waals surface area contributed by atoms with Crippen molar-refractivity contribution in [3.05, 3.63) is 29.8 Å². The number of carbonyl (C=O) groups is 1. The van der Waals surface area contributed by atoms with Crippen LogP contribution in [0.2, 0.25) is 0 Å². The number of rotatable bonds is 7. The van der Waals surface area contributed by atoms with Crippen molar-refractivity contribution in [1.29, 1.82) is 0 Å². The zero-order valence-electron chi connectivity index (χ0n) is 21.9. The first-order valence-electron chi connectivity index (χ1n) is 12.4. The normalized spacial score (nSPS) is 20.6. The van der Waals surface area contributed by atoms with E-state index in [4.69, 9.17) is 4.74 Å². The van der Waals surface area contributed by atoms with Gasteiger partial charge in [0.2, 0.25) is 0 Å². The molecule has 1 amide bonds. The number of aryl methyl sites for hydroxylation is 1. The van der Waals surface area contributed by atoms with Crippen molar-refractivity contribution in [3.8, 4) is 0 Å². The molecule has 2 aliphatic rings. The third-order valence-corrected chi connectivity index (χ3v) is 8.29. The van der Waals surface area contributed by atoms with E-state index in [1.165, 1.54) is 19.2 Å². The second kappa shape index (κ2) is 10.7. The lowest BCUT2D eigenvalue weighted by Gasteiger charge is -2.36. The summed E-state index contributed by atoms with van der Waals surface area (Å²) in [4.78, 5) is 18.5. The molecule has 0 aromatic carbocycles. The van der Waals surface area contributed by atoms with Gasteiger partial charge in [-0.2, -0.15) is 13.9 Å². The van der Waals surface area contributed by atoms with Gasteiger partial charge in [0.25, 0.3) is 10.0 Å². The lowest BCUT2D eigenvalue weighted by molar-refractivity contribution is 0.0561. The van der Waals surface area contributed by atoms with E-state index in [-0.39, 0.29) is 46.4 Å². The number of fused-ring (bicyclic) bond motifs is 1. The Kier molecular flexibility index (Phi) is 7.96. The van der Waals surface area contributed by atoms with Crippen LogP contribution < -0.4 is 9.62 Å². The highest BCUT2D eigenvalue weighted by Crippen LogP contribution is 2.36. The number of pyridine rings is 1. The van der Waals surface area contributed by atoms with Gasteiger partial charge in [-0.3, -0.25) is 14.6 Å². The van der Waals surface area contributed by atoms with Crippen LogP contribution >= 0.6 is 0 Å². The van der Waals surface area contributed by atoms with E-state index in [1.807, 2.05) is 20.8 Å². The van der Waals surface area contributed by atoms with Gasteiger partial charge < -0.3 is 14.7 Å². The molecule has 4 heterocycles. The molecule has 2 atom stereocenters. The number of ether oxygens (including phenoxy) is 1. The summed E-state index contributed by atoms with van der Waals surface area (Å²) < 4.78 is 60.9. The lowest BCUT2D eigenvalue weighted by Crippen LogP contribution is -2.44. The van der Waals surface area contributed by atoms with Crippen molar-refractivity contribution >= 4 is 27.5 Å². The van der Waals surface area contributed by atoms with Gasteiger partial charge in [-0.25, -0.2) is 17.9 Å². The SMILES string of the molecule is Cc1nn(C(F)F)cc1S(=O)(=O)N1CC(CN2CC[C@@H](O)C2)Cc2ncc(NC(=O)OCC(C)(C)C)cc21. The summed E-state index contributed by atoms with van der Waals surface area (Å²) in [5.41, 5.74) is 0.697. The summed E-state index contributed by atoms with van der Waals surface area (Å²) in [5, 5.41) is 16.2. The number of carbonyl (C=O) groups excluding carboxylic acids is 1. The Morgan fingerprint density at radius 1 is 1.32 bits per heavy atom. The Bertz CT molecular complexity index is 1280. The Morgan fingerprint density at radius 3 is 2.66 bits per heavy atom. The molecule has 1 saturated heterocycles. The minimum Gasteiger partial charge on any atom is -0.449 e. The number of likely N-dealkylation sites (tertiary alicyclic amines) is 1. The number of nitrogens with zero attached hydrogens (tertiary/aromatic N) is 5. The third kappa shape index (κ3) is 6.41. The summed E-state index contributed by atoms with van der Waals surface area (Å²) in [6.45, 7) is 6.12. The van der Waals surface area contributed by atoms with Crippen LogP contribution in [0.25, 0.3) is 0 Å². The largest absolute Gasteiger partial charge is 0.449 e. The third-order valence-electron chi connectivity index (χ3n) is 6.41. The highest BCUT2D eigenvalue weighted by Gasteiger charge is 2.38. The molecule has 0 spiro atoms. The van der Waals surface area contributed by atoms with Crippen LogP contribution in [0.1, 0.15) is 45.1 Å². The van der Waals surface area contributed by atoms with Crippen molar-refractivity contribution in [2.24, 2.45) is 11.3 Å². The Balaban J connectivity index is 1.66. The first-order chi connectivity index (χ1) is 17.7. The number of aliphatic hydroxyl groups excluding tert-OH is 1. The molecule has 4 rings (SSSR count). The lowest BCUT2D eigenvalue weighted by atomic mass is 9.97. The molecule has 14 heteroatoms. The quantitative estimate of drug-likeness (QED) is 0.533. The number of β-amino-alcohol motifs (C(OH)–C–C–N with tert-alkyl or cyclic N) is 1. The van der Waals surface area contributed by atoms with Gasteiger partial charge in [-0.1, -0.05) is 20.8 Å². The smallest absolute Gasteiger partial charge is 0.411 e. The number of aliphatic hydroxyl groups is 1. The van der Waals surface area contributed by atoms with Crippen molar-refractivity contribution in [1.82, 2.24) is 19.7 Å². The molecule has 0 saturated carbocycles. The van der Waals surface area contributed by atoms with Gasteiger partial charge in [0.1, 0.15) is 4.90 Å². The van der Waals surface area contributed by atoms with Crippen LogP contribution in [0.4, 0.5) is 25.0 Å². The molecule has 2 aliphatic heterocycles. The number of nitrogens with one attached hydrogen (secondary N) is 1. The fourth-order valence-electron chi connectivity index (χ4n) is 4.66. The predicted molar refractivity (Wildman–Crippen MR) is 136 cm³/mol. The molecular formula is C24H34F2N6O5S. The van der Waals surface area contributed by atoms with E-state index in [2.05, 4.69) is 20.3 Å². The average molecular weight is 557 g/mol. The van der Waals surface area contributed by atoms with Crippen LogP contribution in [0, 0.1) is 18.3 Å². The number of sulfonamides is 1. The topological polar surface area (TPSA) is 130 Å². The van der Waals surface area contributed by atoms with Gasteiger partial charge in [0.05, 0.1) is 47.9 Å². The van der Waals surface area contributed by atoms with Crippen LogP contribution in [-0.2, 0) is 21.2 Å². The number of halogens is 2. The standard InChI is InChI=1S/C24H34F2N6O5S/c1-15-21(13-31(29-15)22(25)26)38(35,36)32-11-16(10-30-6-5-18(33)12-30)7-19-20(32)8-17(9-27-19)28-23(34)37-14-24(2,3)4/h8-9,13,16,18,22,33H,5-7,10-12,14H2,1-4H3,(H,28,34)/t16?,18-/m1/s1. The molecule has 1 unspecified atom stereocenters. The van der Waals surface area contributed by atoms with E-state index in [0.29, 0.717) is 42.9 Å². The summed E-state index contributed by atoms with van der Waals surface area (Å²) in [5.74, 6) is -0.156. The molecule has 11 nitrogen and oxygen atoms in total. The van der Waals surface area contributed by atoms with Gasteiger partial charge in [-0.05, 0) is 37.2 Å². The van der Waals surface area contributed by atoms with Crippen molar-refractivity contribution in [3.63, 3.8) is 0 Å². The minimum atomic E-state index is -4.31. The summed E-state index contributed by atoms with van der Waals surface area (Å²) in [6, 6.07) is 1.50. The van der Waals surface area contributed by atoms with Crippen LogP contribution in [-0.4, -0.2) is 78.2 Å².